The first-order valence-electron chi connectivity index (χ1n) is 5.99. The Morgan fingerprint density at radius 1 is 1.47 bits per heavy atom. The highest BCUT2D eigenvalue weighted by atomic mass is 32.2. The molecule has 0 bridgehead atoms. The zero-order valence-electron chi connectivity index (χ0n) is 11.1. The SMILES string of the molecule is CC(C)CN=C(N)NCCNS(=O)(=O)c1cccs1. The highest BCUT2D eigenvalue weighted by Gasteiger charge is 2.13. The van der Waals surface area contributed by atoms with E-state index in [9.17, 15) is 8.42 Å². The van der Waals surface area contributed by atoms with E-state index < -0.39 is 10.0 Å². The van der Waals surface area contributed by atoms with Crippen LogP contribution in [0.3, 0.4) is 0 Å². The van der Waals surface area contributed by atoms with Crippen LogP contribution in [-0.2, 0) is 10.0 Å². The molecule has 19 heavy (non-hydrogen) atoms. The molecule has 0 amide bonds. The van der Waals surface area contributed by atoms with E-state index in [-0.39, 0.29) is 6.54 Å². The summed E-state index contributed by atoms with van der Waals surface area (Å²) in [6, 6.07) is 3.27. The average Bonchev–Trinajstić information content (AvgIpc) is 2.86. The second kappa shape index (κ2) is 7.46. The normalized spacial score (nSPS) is 12.9. The Kier molecular flexibility index (Phi) is 6.26. The maximum atomic E-state index is 11.8. The summed E-state index contributed by atoms with van der Waals surface area (Å²) >= 11 is 1.19. The number of aliphatic imine (C=N–C) groups is 1. The summed E-state index contributed by atoms with van der Waals surface area (Å²) in [6.07, 6.45) is 0. The van der Waals surface area contributed by atoms with E-state index in [0.29, 0.717) is 29.2 Å². The molecule has 0 saturated heterocycles. The van der Waals surface area contributed by atoms with Gasteiger partial charge in [0.2, 0.25) is 10.0 Å². The Bertz CT molecular complexity index is 495. The summed E-state index contributed by atoms with van der Waals surface area (Å²) < 4.78 is 26.3. The highest BCUT2D eigenvalue weighted by molar-refractivity contribution is 7.91. The minimum Gasteiger partial charge on any atom is -0.370 e. The van der Waals surface area contributed by atoms with Crippen LogP contribution in [0.4, 0.5) is 0 Å². The Morgan fingerprint density at radius 3 is 2.79 bits per heavy atom. The lowest BCUT2D eigenvalue weighted by atomic mass is 10.2. The van der Waals surface area contributed by atoms with Crippen molar-refractivity contribution in [2.45, 2.75) is 18.1 Å². The van der Waals surface area contributed by atoms with E-state index in [1.807, 2.05) is 13.8 Å². The largest absolute Gasteiger partial charge is 0.370 e. The molecular weight excluding hydrogens is 284 g/mol. The smallest absolute Gasteiger partial charge is 0.250 e. The van der Waals surface area contributed by atoms with Gasteiger partial charge in [-0.1, -0.05) is 19.9 Å². The monoisotopic (exact) mass is 304 g/mol. The lowest BCUT2D eigenvalue weighted by molar-refractivity contribution is 0.583. The molecule has 8 heteroatoms. The molecule has 0 atom stereocenters. The second-order valence-electron chi connectivity index (χ2n) is 4.38. The van der Waals surface area contributed by atoms with Crippen molar-refractivity contribution in [3.05, 3.63) is 17.5 Å². The first kappa shape index (κ1) is 15.9. The third-order valence-electron chi connectivity index (χ3n) is 2.11. The van der Waals surface area contributed by atoms with Gasteiger partial charge in [-0.05, 0) is 17.4 Å². The van der Waals surface area contributed by atoms with Gasteiger partial charge in [0.25, 0.3) is 0 Å². The van der Waals surface area contributed by atoms with E-state index in [1.165, 1.54) is 11.3 Å². The molecule has 1 aromatic rings. The van der Waals surface area contributed by atoms with Crippen LogP contribution < -0.4 is 15.8 Å². The van der Waals surface area contributed by atoms with Gasteiger partial charge in [-0.25, -0.2) is 13.1 Å². The lowest BCUT2D eigenvalue weighted by Crippen LogP contribution is -2.38. The van der Waals surface area contributed by atoms with Crippen LogP contribution >= 0.6 is 11.3 Å². The summed E-state index contributed by atoms with van der Waals surface area (Å²) in [5.74, 6) is 0.779. The fourth-order valence-electron chi connectivity index (χ4n) is 1.20. The fourth-order valence-corrected chi connectivity index (χ4v) is 3.27. The third-order valence-corrected chi connectivity index (χ3v) is 4.97. The van der Waals surface area contributed by atoms with Crippen molar-refractivity contribution in [3.8, 4) is 0 Å². The predicted octanol–water partition coefficient (Wildman–Crippen LogP) is 0.587. The molecule has 0 aliphatic heterocycles. The van der Waals surface area contributed by atoms with E-state index in [0.717, 1.165) is 0 Å². The van der Waals surface area contributed by atoms with Crippen LogP contribution in [0.15, 0.2) is 26.7 Å². The number of rotatable bonds is 7. The molecule has 1 heterocycles. The molecule has 0 fully saturated rings. The summed E-state index contributed by atoms with van der Waals surface area (Å²) in [4.78, 5) is 4.12. The highest BCUT2D eigenvalue weighted by Crippen LogP contribution is 2.14. The summed E-state index contributed by atoms with van der Waals surface area (Å²) in [5, 5.41) is 4.59. The number of guanidine groups is 1. The van der Waals surface area contributed by atoms with Gasteiger partial charge in [-0.2, -0.15) is 0 Å². The van der Waals surface area contributed by atoms with Gasteiger partial charge in [-0.15, -0.1) is 11.3 Å². The van der Waals surface area contributed by atoms with E-state index >= 15 is 0 Å². The van der Waals surface area contributed by atoms with Crippen molar-refractivity contribution in [2.75, 3.05) is 19.6 Å². The van der Waals surface area contributed by atoms with Crippen molar-refractivity contribution < 1.29 is 8.42 Å². The van der Waals surface area contributed by atoms with Crippen LogP contribution in [0.25, 0.3) is 0 Å². The van der Waals surface area contributed by atoms with Gasteiger partial charge in [0, 0.05) is 19.6 Å². The van der Waals surface area contributed by atoms with Gasteiger partial charge in [0.1, 0.15) is 4.21 Å². The molecule has 1 rings (SSSR count). The van der Waals surface area contributed by atoms with Crippen molar-refractivity contribution in [3.63, 3.8) is 0 Å². The molecule has 0 radical (unpaired) electrons. The second-order valence-corrected chi connectivity index (χ2v) is 7.32. The number of sulfonamides is 1. The lowest BCUT2D eigenvalue weighted by Gasteiger charge is -2.07. The van der Waals surface area contributed by atoms with Gasteiger partial charge in [0.15, 0.2) is 5.96 Å². The summed E-state index contributed by atoms with van der Waals surface area (Å²) in [6.45, 7) is 5.41. The van der Waals surface area contributed by atoms with Crippen LogP contribution in [0.1, 0.15) is 13.8 Å². The first-order chi connectivity index (χ1) is 8.92. The fraction of sp³-hybridized carbons (Fsp3) is 0.545. The topological polar surface area (TPSA) is 96.6 Å². The molecular formula is C11H20N4O2S2. The zero-order chi connectivity index (χ0) is 14.3. The predicted molar refractivity (Wildman–Crippen MR) is 78.8 cm³/mol. The van der Waals surface area contributed by atoms with Crippen molar-refractivity contribution in [1.29, 1.82) is 0 Å². The van der Waals surface area contributed by atoms with Crippen molar-refractivity contribution >= 4 is 27.3 Å². The summed E-state index contributed by atoms with van der Waals surface area (Å²) in [7, 11) is -3.39. The molecule has 1 aromatic heterocycles. The minimum atomic E-state index is -3.39. The minimum absolute atomic E-state index is 0.262. The Balaban J connectivity index is 2.30. The summed E-state index contributed by atoms with van der Waals surface area (Å²) in [5.41, 5.74) is 5.63. The van der Waals surface area contributed by atoms with Crippen LogP contribution in [0.2, 0.25) is 0 Å². The standard InChI is InChI=1S/C11H20N4O2S2/c1-9(2)8-14-11(12)13-5-6-15-19(16,17)10-4-3-7-18-10/h3-4,7,9,15H,5-6,8H2,1-2H3,(H3,12,13,14). The van der Waals surface area contributed by atoms with Gasteiger partial charge >= 0.3 is 0 Å². The quantitative estimate of drug-likeness (QED) is 0.390. The van der Waals surface area contributed by atoms with Crippen LogP contribution in [-0.4, -0.2) is 34.0 Å². The first-order valence-corrected chi connectivity index (χ1v) is 8.35. The molecule has 0 aromatic carbocycles. The average molecular weight is 304 g/mol. The zero-order valence-corrected chi connectivity index (χ0v) is 12.7. The number of nitrogens with zero attached hydrogens (tertiary/aromatic N) is 1. The van der Waals surface area contributed by atoms with Crippen LogP contribution in [0, 0.1) is 5.92 Å². The number of hydrogen-bond donors (Lipinski definition) is 3. The number of nitrogens with one attached hydrogen (secondary N) is 2. The third kappa shape index (κ3) is 6.04. The van der Waals surface area contributed by atoms with Crippen molar-refractivity contribution in [1.82, 2.24) is 10.0 Å². The molecule has 0 aliphatic carbocycles. The van der Waals surface area contributed by atoms with E-state index in [1.54, 1.807) is 17.5 Å². The molecule has 0 spiro atoms. The van der Waals surface area contributed by atoms with Crippen LogP contribution in [0.5, 0.6) is 0 Å². The molecule has 4 N–H and O–H groups in total. The molecule has 6 nitrogen and oxygen atoms in total. The Morgan fingerprint density at radius 2 is 2.21 bits per heavy atom. The number of hydrogen-bond acceptors (Lipinski definition) is 4. The Hall–Kier alpha value is -1.12. The number of nitrogens with two attached hydrogens (primary N) is 1. The number of thiophene rings is 1. The molecule has 0 saturated carbocycles. The van der Waals surface area contributed by atoms with Crippen molar-refractivity contribution in [2.24, 2.45) is 16.6 Å². The Labute approximate surface area is 118 Å². The van der Waals surface area contributed by atoms with E-state index in [4.69, 9.17) is 5.73 Å². The van der Waals surface area contributed by atoms with Gasteiger partial charge < -0.3 is 11.1 Å². The maximum Gasteiger partial charge on any atom is 0.250 e. The molecule has 108 valence electrons. The maximum absolute atomic E-state index is 11.8. The molecule has 0 unspecified atom stereocenters. The van der Waals surface area contributed by atoms with E-state index in [2.05, 4.69) is 15.0 Å². The van der Waals surface area contributed by atoms with Gasteiger partial charge in [-0.3, -0.25) is 4.99 Å². The van der Waals surface area contributed by atoms with Gasteiger partial charge in [0.05, 0.1) is 0 Å². The molecule has 0 aliphatic rings.